The van der Waals surface area contributed by atoms with E-state index in [1.807, 2.05) is 53.4 Å². The first-order chi connectivity index (χ1) is 15.0. The highest BCUT2D eigenvalue weighted by molar-refractivity contribution is 6.30. The average molecular weight is 437 g/mol. The number of rotatable bonds is 7. The number of anilines is 1. The van der Waals surface area contributed by atoms with Gasteiger partial charge >= 0.3 is 0 Å². The monoisotopic (exact) mass is 436 g/mol. The number of nitrogens with zero attached hydrogens (tertiary/aromatic N) is 2. The van der Waals surface area contributed by atoms with Gasteiger partial charge in [0, 0.05) is 54.4 Å². The van der Waals surface area contributed by atoms with Gasteiger partial charge in [-0.05, 0) is 48.7 Å². The number of carbonyl (C=O) groups is 1. The van der Waals surface area contributed by atoms with E-state index < -0.39 is 0 Å². The van der Waals surface area contributed by atoms with Crippen LogP contribution in [-0.2, 0) is 17.8 Å². The van der Waals surface area contributed by atoms with Gasteiger partial charge in [0.2, 0.25) is 5.91 Å². The quantitative estimate of drug-likeness (QED) is 0.588. The molecule has 0 unspecified atom stereocenters. The third-order valence-electron chi connectivity index (χ3n) is 5.47. The Bertz CT molecular complexity index is 1110. The third kappa shape index (κ3) is 5.40. The molecule has 31 heavy (non-hydrogen) atoms. The third-order valence-corrected chi connectivity index (χ3v) is 5.72. The normalized spacial score (nSPS) is 14.8. The van der Waals surface area contributed by atoms with Crippen molar-refractivity contribution >= 4 is 23.2 Å². The first kappa shape index (κ1) is 21.3. The Balaban J connectivity index is 1.49. The van der Waals surface area contributed by atoms with Crippen LogP contribution in [0, 0.1) is 6.92 Å². The lowest BCUT2D eigenvalue weighted by Gasteiger charge is -2.20. The second kappa shape index (κ2) is 9.45. The summed E-state index contributed by atoms with van der Waals surface area (Å²) in [6, 6.07) is 17.3. The Hall–Kier alpha value is -2.96. The van der Waals surface area contributed by atoms with Gasteiger partial charge in [-0.3, -0.25) is 9.59 Å². The number of halogens is 1. The van der Waals surface area contributed by atoms with Gasteiger partial charge < -0.3 is 15.2 Å². The summed E-state index contributed by atoms with van der Waals surface area (Å²) in [6.07, 6.45) is 2.12. The van der Waals surface area contributed by atoms with Crippen molar-refractivity contribution in [3.63, 3.8) is 0 Å². The molecule has 0 radical (unpaired) electrons. The van der Waals surface area contributed by atoms with E-state index in [1.54, 1.807) is 13.0 Å². The van der Waals surface area contributed by atoms with Gasteiger partial charge in [-0.25, -0.2) is 4.98 Å². The molecular weight excluding hydrogens is 412 g/mol. The van der Waals surface area contributed by atoms with E-state index in [9.17, 15) is 9.59 Å². The maximum atomic E-state index is 12.0. The summed E-state index contributed by atoms with van der Waals surface area (Å²) in [5.74, 6) is 0.790. The summed E-state index contributed by atoms with van der Waals surface area (Å²) in [6.45, 7) is 3.21. The Morgan fingerprint density at radius 2 is 1.87 bits per heavy atom. The van der Waals surface area contributed by atoms with E-state index in [2.05, 4.69) is 15.3 Å². The molecule has 1 amide bonds. The van der Waals surface area contributed by atoms with Crippen molar-refractivity contribution in [2.24, 2.45) is 0 Å². The summed E-state index contributed by atoms with van der Waals surface area (Å²) in [7, 11) is 0. The highest BCUT2D eigenvalue weighted by Crippen LogP contribution is 2.23. The molecule has 1 atom stereocenters. The molecular formula is C24H25ClN4O2. The molecule has 0 bridgehead atoms. The number of carbonyl (C=O) groups excluding carboxylic acids is 1. The molecule has 3 aromatic rings. The Labute approximate surface area is 186 Å². The van der Waals surface area contributed by atoms with Crippen molar-refractivity contribution in [1.82, 2.24) is 15.3 Å². The van der Waals surface area contributed by atoms with Gasteiger partial charge in [-0.1, -0.05) is 35.9 Å². The van der Waals surface area contributed by atoms with Crippen LogP contribution < -0.4 is 15.8 Å². The minimum absolute atomic E-state index is 0.0363. The van der Waals surface area contributed by atoms with Crippen molar-refractivity contribution in [2.75, 3.05) is 11.4 Å². The van der Waals surface area contributed by atoms with Crippen LogP contribution in [0.1, 0.15) is 41.5 Å². The maximum absolute atomic E-state index is 12.0. The fourth-order valence-corrected chi connectivity index (χ4v) is 4.04. The minimum Gasteiger partial charge on any atom is -0.312 e. The highest BCUT2D eigenvalue weighted by Gasteiger charge is 2.21. The molecule has 7 heteroatoms. The summed E-state index contributed by atoms with van der Waals surface area (Å²) in [4.78, 5) is 32.8. The number of aromatic amines is 1. The van der Waals surface area contributed by atoms with Crippen LogP contribution in [0.3, 0.4) is 0 Å². The van der Waals surface area contributed by atoms with Crippen LogP contribution >= 0.6 is 11.6 Å². The maximum Gasteiger partial charge on any atom is 0.251 e. The second-order valence-electron chi connectivity index (χ2n) is 7.83. The number of nitrogens with one attached hydrogen (secondary N) is 2. The lowest BCUT2D eigenvalue weighted by molar-refractivity contribution is -0.117. The van der Waals surface area contributed by atoms with Crippen molar-refractivity contribution in [2.45, 2.75) is 38.8 Å². The molecule has 2 aromatic carbocycles. The van der Waals surface area contributed by atoms with E-state index in [0.29, 0.717) is 30.2 Å². The zero-order chi connectivity index (χ0) is 21.8. The fraction of sp³-hybridized carbons (Fsp3) is 0.292. The van der Waals surface area contributed by atoms with Crippen LogP contribution in [-0.4, -0.2) is 22.4 Å². The molecule has 1 aromatic heterocycles. The van der Waals surface area contributed by atoms with Crippen LogP contribution in [0.15, 0.2) is 59.4 Å². The highest BCUT2D eigenvalue weighted by atomic mass is 35.5. The SMILES string of the molecule is Cc1nc(C[C@H](NCc2ccc(N3CCCC3=O)cc2)c2ccc(Cl)cc2)cc(=O)[nH]1. The molecule has 6 nitrogen and oxygen atoms in total. The molecule has 1 fully saturated rings. The molecule has 4 rings (SSSR count). The summed E-state index contributed by atoms with van der Waals surface area (Å²) in [5.41, 5.74) is 3.72. The van der Waals surface area contributed by atoms with E-state index >= 15 is 0 Å². The van der Waals surface area contributed by atoms with Gasteiger partial charge in [0.15, 0.2) is 0 Å². The standard InChI is InChI=1S/C24H25ClN4O2/c1-16-27-20(14-23(30)28-16)13-22(18-6-8-19(25)9-7-18)26-15-17-4-10-21(11-5-17)29-12-2-3-24(29)31/h4-11,14,22,26H,2-3,12-13,15H2,1H3,(H,27,28,30)/t22-/m0/s1. The number of aromatic nitrogens is 2. The largest absolute Gasteiger partial charge is 0.312 e. The molecule has 1 aliphatic rings. The molecule has 0 aliphatic carbocycles. The number of amides is 1. The van der Waals surface area contributed by atoms with Crippen LogP contribution in [0.25, 0.3) is 0 Å². The Morgan fingerprint density at radius 3 is 2.52 bits per heavy atom. The van der Waals surface area contributed by atoms with Gasteiger partial charge in [0.05, 0.1) is 0 Å². The van der Waals surface area contributed by atoms with Crippen LogP contribution in [0.2, 0.25) is 5.02 Å². The number of aryl methyl sites for hydroxylation is 1. The molecule has 2 heterocycles. The summed E-state index contributed by atoms with van der Waals surface area (Å²) in [5, 5.41) is 4.26. The van der Waals surface area contributed by atoms with E-state index in [-0.39, 0.29) is 17.5 Å². The zero-order valence-electron chi connectivity index (χ0n) is 17.4. The van der Waals surface area contributed by atoms with Crippen molar-refractivity contribution in [1.29, 1.82) is 0 Å². The molecule has 1 aliphatic heterocycles. The predicted octanol–water partition coefficient (Wildman–Crippen LogP) is 3.93. The minimum atomic E-state index is -0.149. The first-order valence-corrected chi connectivity index (χ1v) is 10.8. The second-order valence-corrected chi connectivity index (χ2v) is 8.26. The Morgan fingerprint density at radius 1 is 1.13 bits per heavy atom. The van der Waals surface area contributed by atoms with Crippen LogP contribution in [0.5, 0.6) is 0 Å². The number of hydrogen-bond acceptors (Lipinski definition) is 4. The van der Waals surface area contributed by atoms with Crippen molar-refractivity contribution in [3.05, 3.63) is 92.6 Å². The topological polar surface area (TPSA) is 78.1 Å². The lowest BCUT2D eigenvalue weighted by atomic mass is 10.0. The summed E-state index contributed by atoms with van der Waals surface area (Å²) < 4.78 is 0. The van der Waals surface area contributed by atoms with E-state index in [1.165, 1.54) is 0 Å². The zero-order valence-corrected chi connectivity index (χ0v) is 18.2. The van der Waals surface area contributed by atoms with Crippen LogP contribution in [0.4, 0.5) is 5.69 Å². The van der Waals surface area contributed by atoms with Crippen molar-refractivity contribution in [3.8, 4) is 0 Å². The molecule has 0 spiro atoms. The number of hydrogen-bond donors (Lipinski definition) is 2. The lowest BCUT2D eigenvalue weighted by Crippen LogP contribution is -2.25. The Kier molecular flexibility index (Phi) is 6.49. The first-order valence-electron chi connectivity index (χ1n) is 10.4. The molecule has 1 saturated heterocycles. The van der Waals surface area contributed by atoms with E-state index in [0.717, 1.165) is 35.5 Å². The van der Waals surface area contributed by atoms with Crippen molar-refractivity contribution < 1.29 is 4.79 Å². The average Bonchev–Trinajstić information content (AvgIpc) is 3.17. The molecule has 2 N–H and O–H groups in total. The van der Waals surface area contributed by atoms with Gasteiger partial charge in [0.25, 0.3) is 5.56 Å². The summed E-state index contributed by atoms with van der Waals surface area (Å²) >= 11 is 6.06. The van der Waals surface area contributed by atoms with E-state index in [4.69, 9.17) is 11.6 Å². The van der Waals surface area contributed by atoms with Gasteiger partial charge in [-0.15, -0.1) is 0 Å². The predicted molar refractivity (Wildman–Crippen MR) is 122 cm³/mol. The van der Waals surface area contributed by atoms with Gasteiger partial charge in [0.1, 0.15) is 5.82 Å². The smallest absolute Gasteiger partial charge is 0.251 e. The number of benzene rings is 2. The molecule has 160 valence electrons. The fourth-order valence-electron chi connectivity index (χ4n) is 3.91. The number of H-pyrrole nitrogens is 1. The van der Waals surface area contributed by atoms with Gasteiger partial charge in [-0.2, -0.15) is 0 Å². The molecule has 0 saturated carbocycles.